The van der Waals surface area contributed by atoms with E-state index in [1.165, 1.54) is 13.4 Å². The first kappa shape index (κ1) is 22.2. The quantitative estimate of drug-likeness (QED) is 0.396. The Morgan fingerprint density at radius 2 is 1.55 bits per heavy atom. The van der Waals surface area contributed by atoms with E-state index >= 15 is 0 Å². The highest BCUT2D eigenvalue weighted by Crippen LogP contribution is 2.25. The maximum Gasteiger partial charge on any atom is 0.328 e. The maximum absolute atomic E-state index is 12.3. The standard InChI is InChI=1S/C27H25N3O3/c1-33-27(32)24(16-19-8-4-2-5-9-19)30-25-17-23(28-18-29-25)20-12-14-22(15-13-20)26(31)21-10-6-3-7-11-21/h2-15,17-18,24,26,31H,16H2,1H3,(H,28,29,30)/t24-,26?/m0/s1. The monoisotopic (exact) mass is 439 g/mol. The summed E-state index contributed by atoms with van der Waals surface area (Å²) in [6.07, 6.45) is 1.24. The summed E-state index contributed by atoms with van der Waals surface area (Å²) < 4.78 is 4.98. The number of aromatic nitrogens is 2. The minimum Gasteiger partial charge on any atom is -0.467 e. The van der Waals surface area contributed by atoms with Crippen LogP contribution in [-0.2, 0) is 16.0 Å². The number of hydrogen-bond acceptors (Lipinski definition) is 6. The number of aliphatic hydroxyl groups excluding tert-OH is 1. The van der Waals surface area contributed by atoms with Gasteiger partial charge in [0.25, 0.3) is 0 Å². The molecule has 0 amide bonds. The van der Waals surface area contributed by atoms with Gasteiger partial charge in [-0.15, -0.1) is 0 Å². The third-order valence-corrected chi connectivity index (χ3v) is 5.40. The molecule has 4 rings (SSSR count). The minimum absolute atomic E-state index is 0.363. The first-order chi connectivity index (χ1) is 16.1. The Morgan fingerprint density at radius 3 is 2.21 bits per heavy atom. The summed E-state index contributed by atoms with van der Waals surface area (Å²) in [5, 5.41) is 13.8. The molecule has 0 aliphatic rings. The van der Waals surface area contributed by atoms with Crippen molar-refractivity contribution in [3.8, 4) is 11.3 Å². The van der Waals surface area contributed by atoms with Gasteiger partial charge in [-0.25, -0.2) is 14.8 Å². The molecule has 0 aliphatic heterocycles. The molecule has 0 saturated carbocycles. The van der Waals surface area contributed by atoms with E-state index in [-0.39, 0.29) is 5.97 Å². The fourth-order valence-corrected chi connectivity index (χ4v) is 3.62. The molecule has 6 nitrogen and oxygen atoms in total. The van der Waals surface area contributed by atoms with Crippen LogP contribution in [0.5, 0.6) is 0 Å². The van der Waals surface area contributed by atoms with Crippen LogP contribution in [0.2, 0.25) is 0 Å². The van der Waals surface area contributed by atoms with E-state index < -0.39 is 12.1 Å². The number of aliphatic hydroxyl groups is 1. The predicted octanol–water partition coefficient (Wildman–Crippen LogP) is 4.42. The number of nitrogens with one attached hydrogen (secondary N) is 1. The number of carbonyl (C=O) groups is 1. The highest BCUT2D eigenvalue weighted by molar-refractivity contribution is 5.79. The van der Waals surface area contributed by atoms with Gasteiger partial charge in [-0.2, -0.15) is 0 Å². The van der Waals surface area contributed by atoms with Gasteiger partial charge in [0.15, 0.2) is 0 Å². The van der Waals surface area contributed by atoms with Crippen LogP contribution in [0.25, 0.3) is 11.3 Å². The second-order valence-corrected chi connectivity index (χ2v) is 7.63. The van der Waals surface area contributed by atoms with Crippen LogP contribution < -0.4 is 5.32 Å². The highest BCUT2D eigenvalue weighted by Gasteiger charge is 2.20. The van der Waals surface area contributed by atoms with Crippen molar-refractivity contribution >= 4 is 11.8 Å². The Morgan fingerprint density at radius 1 is 0.909 bits per heavy atom. The molecule has 33 heavy (non-hydrogen) atoms. The van der Waals surface area contributed by atoms with Gasteiger partial charge < -0.3 is 15.2 Å². The molecule has 6 heteroatoms. The van der Waals surface area contributed by atoms with E-state index in [1.54, 1.807) is 6.07 Å². The van der Waals surface area contributed by atoms with E-state index in [4.69, 9.17) is 4.74 Å². The normalized spacial score (nSPS) is 12.5. The first-order valence-electron chi connectivity index (χ1n) is 10.7. The molecule has 3 aromatic carbocycles. The molecular formula is C27H25N3O3. The summed E-state index contributed by atoms with van der Waals surface area (Å²) in [5.41, 5.74) is 4.23. The van der Waals surface area contributed by atoms with Gasteiger partial charge in [0.2, 0.25) is 0 Å². The topological polar surface area (TPSA) is 84.3 Å². The summed E-state index contributed by atoms with van der Waals surface area (Å²) in [6.45, 7) is 0. The molecule has 2 N–H and O–H groups in total. The van der Waals surface area contributed by atoms with Gasteiger partial charge in [-0.1, -0.05) is 84.9 Å². The van der Waals surface area contributed by atoms with Crippen molar-refractivity contribution in [2.24, 2.45) is 0 Å². The lowest BCUT2D eigenvalue weighted by Crippen LogP contribution is -2.33. The lowest BCUT2D eigenvalue weighted by atomic mass is 10.00. The Kier molecular flexibility index (Phi) is 7.07. The molecule has 1 aromatic heterocycles. The van der Waals surface area contributed by atoms with Crippen LogP contribution in [0, 0.1) is 0 Å². The van der Waals surface area contributed by atoms with Crippen LogP contribution in [0.15, 0.2) is 97.3 Å². The molecule has 0 spiro atoms. The van der Waals surface area contributed by atoms with Crippen molar-refractivity contribution < 1.29 is 14.6 Å². The number of nitrogens with zero attached hydrogens (tertiary/aromatic N) is 2. The number of anilines is 1. The second-order valence-electron chi connectivity index (χ2n) is 7.63. The van der Waals surface area contributed by atoms with Crippen molar-refractivity contribution in [3.05, 3.63) is 114 Å². The summed E-state index contributed by atoms with van der Waals surface area (Å²) >= 11 is 0. The van der Waals surface area contributed by atoms with Crippen LogP contribution in [-0.4, -0.2) is 34.2 Å². The van der Waals surface area contributed by atoms with E-state index in [0.717, 1.165) is 22.3 Å². The van der Waals surface area contributed by atoms with Crippen LogP contribution in [0.1, 0.15) is 22.8 Å². The van der Waals surface area contributed by atoms with Gasteiger partial charge in [-0.05, 0) is 16.7 Å². The summed E-state index contributed by atoms with van der Waals surface area (Å²) in [7, 11) is 1.37. The number of rotatable bonds is 8. The van der Waals surface area contributed by atoms with Crippen LogP contribution in [0.3, 0.4) is 0 Å². The average molecular weight is 440 g/mol. The Hall–Kier alpha value is -4.03. The van der Waals surface area contributed by atoms with Gasteiger partial charge in [0.1, 0.15) is 24.3 Å². The van der Waals surface area contributed by atoms with Gasteiger partial charge in [0, 0.05) is 18.1 Å². The largest absolute Gasteiger partial charge is 0.467 e. The molecule has 166 valence electrons. The number of ether oxygens (including phenoxy) is 1. The molecule has 0 fully saturated rings. The zero-order chi connectivity index (χ0) is 23.0. The molecule has 0 bridgehead atoms. The zero-order valence-corrected chi connectivity index (χ0v) is 18.3. The summed E-state index contributed by atoms with van der Waals surface area (Å²) in [5.74, 6) is 0.165. The maximum atomic E-state index is 12.3. The van der Waals surface area contributed by atoms with Crippen molar-refractivity contribution in [2.45, 2.75) is 18.6 Å². The van der Waals surface area contributed by atoms with E-state index in [1.807, 2.05) is 84.9 Å². The summed E-state index contributed by atoms with van der Waals surface area (Å²) in [4.78, 5) is 21.0. The van der Waals surface area contributed by atoms with Crippen LogP contribution in [0.4, 0.5) is 5.82 Å². The third-order valence-electron chi connectivity index (χ3n) is 5.40. The molecular weight excluding hydrogens is 414 g/mol. The number of benzene rings is 3. The minimum atomic E-state index is -0.693. The first-order valence-corrected chi connectivity index (χ1v) is 10.7. The molecule has 2 atom stereocenters. The smallest absolute Gasteiger partial charge is 0.328 e. The average Bonchev–Trinajstić information content (AvgIpc) is 2.89. The predicted molar refractivity (Wildman–Crippen MR) is 128 cm³/mol. The third kappa shape index (κ3) is 5.61. The fourth-order valence-electron chi connectivity index (χ4n) is 3.62. The zero-order valence-electron chi connectivity index (χ0n) is 18.3. The number of hydrogen-bond donors (Lipinski definition) is 2. The second kappa shape index (κ2) is 10.5. The van der Waals surface area contributed by atoms with Crippen molar-refractivity contribution in [1.82, 2.24) is 9.97 Å². The highest BCUT2D eigenvalue weighted by atomic mass is 16.5. The van der Waals surface area contributed by atoms with Gasteiger partial charge in [-0.3, -0.25) is 0 Å². The molecule has 0 radical (unpaired) electrons. The lowest BCUT2D eigenvalue weighted by Gasteiger charge is -2.17. The van der Waals surface area contributed by atoms with E-state index in [0.29, 0.717) is 17.9 Å². The molecule has 1 heterocycles. The van der Waals surface area contributed by atoms with Crippen LogP contribution >= 0.6 is 0 Å². The van der Waals surface area contributed by atoms with Gasteiger partial charge in [0.05, 0.1) is 12.8 Å². The van der Waals surface area contributed by atoms with Crippen molar-refractivity contribution in [3.63, 3.8) is 0 Å². The van der Waals surface area contributed by atoms with Crippen molar-refractivity contribution in [1.29, 1.82) is 0 Å². The Labute approximate surface area is 192 Å². The molecule has 4 aromatic rings. The molecule has 1 unspecified atom stereocenters. The fraction of sp³-hybridized carbons (Fsp3) is 0.148. The van der Waals surface area contributed by atoms with Crippen molar-refractivity contribution in [2.75, 3.05) is 12.4 Å². The Bertz CT molecular complexity index is 1180. The molecule has 0 aliphatic carbocycles. The van der Waals surface area contributed by atoms with Gasteiger partial charge >= 0.3 is 5.97 Å². The number of carbonyl (C=O) groups excluding carboxylic acids is 1. The summed E-state index contributed by atoms with van der Waals surface area (Å²) in [6, 6.07) is 28.1. The Balaban J connectivity index is 1.51. The SMILES string of the molecule is COC(=O)[C@H](Cc1ccccc1)Nc1cc(-c2ccc(C(O)c3ccccc3)cc2)ncn1. The molecule has 0 saturated heterocycles. The van der Waals surface area contributed by atoms with E-state index in [9.17, 15) is 9.90 Å². The number of methoxy groups -OCH3 is 1. The number of esters is 1. The van der Waals surface area contributed by atoms with E-state index in [2.05, 4.69) is 15.3 Å². The lowest BCUT2D eigenvalue weighted by molar-refractivity contribution is -0.141.